The molecule has 0 saturated carbocycles. The van der Waals surface area contributed by atoms with E-state index in [4.69, 9.17) is 0 Å². The highest BCUT2D eigenvalue weighted by molar-refractivity contribution is 5.56. The lowest BCUT2D eigenvalue weighted by atomic mass is 10.1. The van der Waals surface area contributed by atoms with E-state index in [1.807, 2.05) is 32.9 Å². The molecule has 1 unspecified atom stereocenters. The van der Waals surface area contributed by atoms with Crippen LogP contribution < -0.4 is 0 Å². The smallest absolute Gasteiger partial charge is 0.159 e. The van der Waals surface area contributed by atoms with Crippen LogP contribution in [0.3, 0.4) is 0 Å². The maximum atomic E-state index is 9.56. The molecular formula is C14H17N3O. The molecule has 2 aromatic heterocycles. The van der Waals surface area contributed by atoms with E-state index in [9.17, 15) is 5.11 Å². The number of aliphatic hydroxyl groups excluding tert-OH is 1. The molecule has 4 nitrogen and oxygen atoms in total. The summed E-state index contributed by atoms with van der Waals surface area (Å²) in [6.07, 6.45) is 1.15. The van der Waals surface area contributed by atoms with Crippen molar-refractivity contribution in [2.45, 2.75) is 33.8 Å². The fourth-order valence-electron chi connectivity index (χ4n) is 1.99. The van der Waals surface area contributed by atoms with E-state index >= 15 is 0 Å². The third kappa shape index (κ3) is 2.54. The lowest BCUT2D eigenvalue weighted by Crippen LogP contribution is -2.01. The Hall–Kier alpha value is -1.81. The molecule has 4 heteroatoms. The summed E-state index contributed by atoms with van der Waals surface area (Å²) < 4.78 is 0. The van der Waals surface area contributed by atoms with Gasteiger partial charge in [-0.3, -0.25) is 4.98 Å². The fraction of sp³-hybridized carbons (Fsp3) is 0.357. The Morgan fingerprint density at radius 1 is 1.06 bits per heavy atom. The SMILES string of the molecule is Cc1cc(-c2ncc(C(C)O)c(C)n2)cc(C)n1. The number of aryl methyl sites for hydroxylation is 3. The highest BCUT2D eigenvalue weighted by atomic mass is 16.3. The van der Waals surface area contributed by atoms with E-state index in [1.165, 1.54) is 0 Å². The normalized spacial score (nSPS) is 12.5. The number of rotatable bonds is 2. The zero-order valence-corrected chi connectivity index (χ0v) is 11.1. The highest BCUT2D eigenvalue weighted by Gasteiger charge is 2.10. The summed E-state index contributed by atoms with van der Waals surface area (Å²) in [5.74, 6) is 0.672. The third-order valence-corrected chi connectivity index (χ3v) is 2.81. The lowest BCUT2D eigenvalue weighted by molar-refractivity contribution is 0.197. The molecule has 1 N–H and O–H groups in total. The number of hydrogen-bond acceptors (Lipinski definition) is 4. The lowest BCUT2D eigenvalue weighted by Gasteiger charge is -2.09. The number of pyridine rings is 1. The fourth-order valence-corrected chi connectivity index (χ4v) is 1.99. The van der Waals surface area contributed by atoms with E-state index in [0.717, 1.165) is 28.2 Å². The number of aliphatic hydroxyl groups is 1. The van der Waals surface area contributed by atoms with E-state index in [0.29, 0.717) is 5.82 Å². The Bertz CT molecular complexity index is 559. The summed E-state index contributed by atoms with van der Waals surface area (Å²) in [7, 11) is 0. The zero-order valence-electron chi connectivity index (χ0n) is 11.1. The second kappa shape index (κ2) is 4.82. The van der Waals surface area contributed by atoms with Crippen molar-refractivity contribution in [1.29, 1.82) is 0 Å². The molecule has 0 spiro atoms. The molecule has 0 aromatic carbocycles. The van der Waals surface area contributed by atoms with Crippen molar-refractivity contribution in [3.05, 3.63) is 41.0 Å². The highest BCUT2D eigenvalue weighted by Crippen LogP contribution is 2.20. The van der Waals surface area contributed by atoms with Gasteiger partial charge in [0.25, 0.3) is 0 Å². The van der Waals surface area contributed by atoms with Crippen LogP contribution in [0.25, 0.3) is 11.4 Å². The Morgan fingerprint density at radius 3 is 2.17 bits per heavy atom. The van der Waals surface area contributed by atoms with Crippen LogP contribution in [0.5, 0.6) is 0 Å². The summed E-state index contributed by atoms with van der Waals surface area (Å²) in [5.41, 5.74) is 4.43. The first-order valence-electron chi connectivity index (χ1n) is 5.94. The molecule has 0 radical (unpaired) electrons. The van der Waals surface area contributed by atoms with Crippen LogP contribution in [0.2, 0.25) is 0 Å². The molecule has 2 aromatic rings. The average molecular weight is 243 g/mol. The van der Waals surface area contributed by atoms with Crippen LogP contribution in [0.4, 0.5) is 0 Å². The van der Waals surface area contributed by atoms with Crippen LogP contribution >= 0.6 is 0 Å². The number of hydrogen-bond donors (Lipinski definition) is 1. The van der Waals surface area contributed by atoms with Gasteiger partial charge in [0.2, 0.25) is 0 Å². The molecule has 0 aliphatic carbocycles. The van der Waals surface area contributed by atoms with Crippen molar-refractivity contribution in [2.24, 2.45) is 0 Å². The summed E-state index contributed by atoms with van der Waals surface area (Å²) in [6.45, 7) is 7.50. The molecule has 1 atom stereocenters. The number of nitrogens with zero attached hydrogens (tertiary/aromatic N) is 3. The minimum atomic E-state index is -0.542. The van der Waals surface area contributed by atoms with Gasteiger partial charge in [0.05, 0.1) is 6.10 Å². The van der Waals surface area contributed by atoms with Crippen molar-refractivity contribution in [3.8, 4) is 11.4 Å². The number of aromatic nitrogens is 3. The summed E-state index contributed by atoms with van der Waals surface area (Å²) in [5, 5.41) is 9.56. The van der Waals surface area contributed by atoms with Crippen molar-refractivity contribution in [1.82, 2.24) is 15.0 Å². The monoisotopic (exact) mass is 243 g/mol. The Labute approximate surface area is 107 Å². The van der Waals surface area contributed by atoms with E-state index in [2.05, 4.69) is 15.0 Å². The molecule has 18 heavy (non-hydrogen) atoms. The molecular weight excluding hydrogens is 226 g/mol. The quantitative estimate of drug-likeness (QED) is 0.880. The summed E-state index contributed by atoms with van der Waals surface area (Å²) >= 11 is 0. The van der Waals surface area contributed by atoms with E-state index < -0.39 is 6.10 Å². The van der Waals surface area contributed by atoms with Crippen molar-refractivity contribution in [2.75, 3.05) is 0 Å². The van der Waals surface area contributed by atoms with Gasteiger partial charge in [-0.25, -0.2) is 9.97 Å². The summed E-state index contributed by atoms with van der Waals surface area (Å²) in [6, 6.07) is 3.92. The Balaban J connectivity index is 2.48. The van der Waals surface area contributed by atoms with Gasteiger partial charge in [-0.05, 0) is 39.8 Å². The van der Waals surface area contributed by atoms with Gasteiger partial charge >= 0.3 is 0 Å². The van der Waals surface area contributed by atoms with Gasteiger partial charge in [0, 0.05) is 34.4 Å². The van der Waals surface area contributed by atoms with Crippen molar-refractivity contribution < 1.29 is 5.11 Å². The molecule has 2 rings (SSSR count). The van der Waals surface area contributed by atoms with Crippen molar-refractivity contribution >= 4 is 0 Å². The first-order chi connectivity index (χ1) is 8.47. The first kappa shape index (κ1) is 12.6. The third-order valence-electron chi connectivity index (χ3n) is 2.81. The van der Waals surface area contributed by atoms with Gasteiger partial charge in [-0.1, -0.05) is 0 Å². The predicted octanol–water partition coefficient (Wildman–Crippen LogP) is 2.52. The standard InChI is InChI=1S/C14H17N3O/c1-8-5-12(6-9(2)16-8)14-15-7-13(11(4)18)10(3)17-14/h5-7,11,18H,1-4H3. The average Bonchev–Trinajstić information content (AvgIpc) is 2.26. The Kier molecular flexibility index (Phi) is 3.39. The first-order valence-corrected chi connectivity index (χ1v) is 5.94. The van der Waals surface area contributed by atoms with Gasteiger partial charge in [0.15, 0.2) is 5.82 Å². The van der Waals surface area contributed by atoms with Crippen LogP contribution in [-0.2, 0) is 0 Å². The second-order valence-electron chi connectivity index (χ2n) is 4.55. The largest absolute Gasteiger partial charge is 0.389 e. The van der Waals surface area contributed by atoms with Gasteiger partial charge in [-0.15, -0.1) is 0 Å². The van der Waals surface area contributed by atoms with E-state index in [1.54, 1.807) is 13.1 Å². The molecule has 94 valence electrons. The molecule has 0 bridgehead atoms. The van der Waals surface area contributed by atoms with Crippen LogP contribution in [0.1, 0.15) is 35.7 Å². The van der Waals surface area contributed by atoms with E-state index in [-0.39, 0.29) is 0 Å². The minimum absolute atomic E-state index is 0.542. The molecule has 2 heterocycles. The van der Waals surface area contributed by atoms with Crippen LogP contribution in [-0.4, -0.2) is 20.1 Å². The van der Waals surface area contributed by atoms with Gasteiger partial charge in [-0.2, -0.15) is 0 Å². The topological polar surface area (TPSA) is 58.9 Å². The Morgan fingerprint density at radius 2 is 1.67 bits per heavy atom. The molecule has 0 aliphatic heterocycles. The molecule has 0 fully saturated rings. The molecule has 0 amide bonds. The predicted molar refractivity (Wildman–Crippen MR) is 70.1 cm³/mol. The summed E-state index contributed by atoms with van der Waals surface area (Å²) in [4.78, 5) is 13.1. The van der Waals surface area contributed by atoms with Gasteiger partial charge in [0.1, 0.15) is 0 Å². The van der Waals surface area contributed by atoms with Gasteiger partial charge < -0.3 is 5.11 Å². The maximum absolute atomic E-state index is 9.56. The molecule has 0 saturated heterocycles. The van der Waals surface area contributed by atoms with Crippen LogP contribution in [0, 0.1) is 20.8 Å². The minimum Gasteiger partial charge on any atom is -0.389 e. The second-order valence-corrected chi connectivity index (χ2v) is 4.55. The maximum Gasteiger partial charge on any atom is 0.159 e. The van der Waals surface area contributed by atoms with Crippen molar-refractivity contribution in [3.63, 3.8) is 0 Å². The molecule has 0 aliphatic rings. The zero-order chi connectivity index (χ0) is 13.3. The van der Waals surface area contributed by atoms with Crippen LogP contribution in [0.15, 0.2) is 18.3 Å².